The number of phenolic OH excluding ortho intramolecular Hbond substituents is 1. The van der Waals surface area contributed by atoms with Crippen LogP contribution in [0.15, 0.2) is 47.6 Å². The minimum Gasteiger partial charge on any atom is -0.508 e. The van der Waals surface area contributed by atoms with Crippen LogP contribution in [0, 0.1) is 0 Å². The van der Waals surface area contributed by atoms with Gasteiger partial charge in [0.2, 0.25) is 0 Å². The summed E-state index contributed by atoms with van der Waals surface area (Å²) in [6.07, 6.45) is 11.8. The maximum atomic E-state index is 12.7. The number of carbonyl (C=O) groups is 1. The van der Waals surface area contributed by atoms with E-state index in [2.05, 4.69) is 38.2 Å². The molecule has 182 valence electrons. The Morgan fingerprint density at radius 1 is 1.03 bits per heavy atom. The van der Waals surface area contributed by atoms with E-state index in [9.17, 15) is 9.90 Å². The largest absolute Gasteiger partial charge is 0.508 e. The molecule has 6 rings (SSSR count). The molecule has 1 fully saturated rings. The van der Waals surface area contributed by atoms with Crippen LogP contribution >= 0.6 is 0 Å². The fourth-order valence-corrected chi connectivity index (χ4v) is 6.53. The van der Waals surface area contributed by atoms with Crippen molar-refractivity contribution in [1.82, 2.24) is 14.9 Å². The van der Waals surface area contributed by atoms with E-state index in [0.717, 1.165) is 37.4 Å². The van der Waals surface area contributed by atoms with Gasteiger partial charge in [-0.15, -0.1) is 0 Å². The Balaban J connectivity index is 1.20. The van der Waals surface area contributed by atoms with E-state index in [-0.39, 0.29) is 11.7 Å². The lowest BCUT2D eigenvalue weighted by Gasteiger charge is -2.39. The highest BCUT2D eigenvalue weighted by molar-refractivity contribution is 5.87. The first-order valence-corrected chi connectivity index (χ1v) is 13.2. The lowest BCUT2D eigenvalue weighted by Crippen LogP contribution is -2.44. The van der Waals surface area contributed by atoms with Gasteiger partial charge < -0.3 is 9.67 Å². The van der Waals surface area contributed by atoms with Gasteiger partial charge in [0.15, 0.2) is 0 Å². The Hall–Kier alpha value is -3.12. The molecule has 35 heavy (non-hydrogen) atoms. The molecule has 1 saturated carbocycles. The van der Waals surface area contributed by atoms with Crippen LogP contribution < -0.4 is 5.43 Å². The van der Waals surface area contributed by atoms with Crippen molar-refractivity contribution in [2.45, 2.75) is 69.9 Å². The second kappa shape index (κ2) is 9.50. The van der Waals surface area contributed by atoms with Crippen molar-refractivity contribution in [2.75, 3.05) is 13.1 Å². The summed E-state index contributed by atoms with van der Waals surface area (Å²) in [5.41, 5.74) is 9.38. The molecule has 6 heteroatoms. The molecule has 2 aliphatic carbocycles. The zero-order chi connectivity index (χ0) is 23.8. The molecule has 1 aromatic heterocycles. The Morgan fingerprint density at radius 2 is 1.86 bits per heavy atom. The monoisotopic (exact) mass is 470 g/mol. The highest BCUT2D eigenvalue weighted by atomic mass is 16.3. The van der Waals surface area contributed by atoms with Crippen molar-refractivity contribution in [3.8, 4) is 5.75 Å². The molecule has 0 bridgehead atoms. The van der Waals surface area contributed by atoms with Crippen molar-refractivity contribution in [1.29, 1.82) is 0 Å². The summed E-state index contributed by atoms with van der Waals surface area (Å²) in [5, 5.41) is 15.0. The molecule has 6 nitrogen and oxygen atoms in total. The molecule has 3 aromatic rings. The first kappa shape index (κ1) is 22.4. The van der Waals surface area contributed by atoms with Crippen LogP contribution in [0.1, 0.15) is 79.3 Å². The van der Waals surface area contributed by atoms with E-state index in [1.807, 2.05) is 0 Å². The van der Waals surface area contributed by atoms with E-state index < -0.39 is 0 Å². The molecule has 0 unspecified atom stereocenters. The molecular weight excluding hydrogens is 436 g/mol. The molecule has 0 saturated heterocycles. The van der Waals surface area contributed by atoms with Crippen molar-refractivity contribution >= 4 is 23.0 Å². The van der Waals surface area contributed by atoms with E-state index in [4.69, 9.17) is 0 Å². The third-order valence-corrected chi connectivity index (χ3v) is 8.23. The molecule has 2 N–H and O–H groups in total. The number of hydrazone groups is 1. The average molecular weight is 471 g/mol. The topological polar surface area (TPSA) is 69.9 Å². The third kappa shape index (κ3) is 4.36. The number of phenols is 1. The summed E-state index contributed by atoms with van der Waals surface area (Å²) in [6.45, 7) is 2.15. The number of nitrogens with one attached hydrogen (secondary N) is 1. The van der Waals surface area contributed by atoms with E-state index >= 15 is 0 Å². The van der Waals surface area contributed by atoms with Gasteiger partial charge in [0, 0.05) is 29.7 Å². The highest BCUT2D eigenvalue weighted by Gasteiger charge is 2.35. The summed E-state index contributed by atoms with van der Waals surface area (Å²) in [5.74, 6) is 0.848. The standard InChI is InChI=1S/C29H34N4O2/c34-23-12-9-20(10-13-23)18-30-31-28(35)19-32-15-16-33-26-14-11-22(21-5-2-1-3-6-21)17-25(26)24-7-4-8-27(32)29(24)33/h9-14,17-18,21,27,34H,1-8,15-16,19H2,(H,31,35)/t27-/m0/s1. The van der Waals surface area contributed by atoms with Gasteiger partial charge in [-0.25, -0.2) is 5.43 Å². The second-order valence-corrected chi connectivity index (χ2v) is 10.4. The second-order valence-electron chi connectivity index (χ2n) is 10.4. The summed E-state index contributed by atoms with van der Waals surface area (Å²) in [7, 11) is 0. The van der Waals surface area contributed by atoms with Crippen molar-refractivity contribution in [2.24, 2.45) is 5.10 Å². The molecule has 0 spiro atoms. The van der Waals surface area contributed by atoms with Gasteiger partial charge in [-0.05, 0) is 91.1 Å². The van der Waals surface area contributed by atoms with Crippen LogP contribution in [0.25, 0.3) is 10.9 Å². The molecule has 2 heterocycles. The quantitative estimate of drug-likeness (QED) is 0.396. The summed E-state index contributed by atoms with van der Waals surface area (Å²) < 4.78 is 2.54. The van der Waals surface area contributed by atoms with Crippen LogP contribution in [0.5, 0.6) is 5.75 Å². The van der Waals surface area contributed by atoms with E-state index in [0.29, 0.717) is 12.6 Å². The van der Waals surface area contributed by atoms with Crippen molar-refractivity contribution in [3.05, 3.63) is 64.8 Å². The predicted molar refractivity (Wildman–Crippen MR) is 139 cm³/mol. The Labute approximate surface area is 206 Å². The van der Waals surface area contributed by atoms with Gasteiger partial charge in [0.25, 0.3) is 5.91 Å². The number of fused-ring (bicyclic) bond motifs is 3. The van der Waals surface area contributed by atoms with E-state index in [1.54, 1.807) is 30.5 Å². The first-order chi connectivity index (χ1) is 17.2. The number of aryl methyl sites for hydroxylation is 1. The summed E-state index contributed by atoms with van der Waals surface area (Å²) >= 11 is 0. The van der Waals surface area contributed by atoms with Gasteiger partial charge in [0.05, 0.1) is 18.8 Å². The fourth-order valence-electron chi connectivity index (χ4n) is 6.53. The minimum atomic E-state index is -0.0868. The summed E-state index contributed by atoms with van der Waals surface area (Å²) in [4.78, 5) is 15.0. The number of aromatic nitrogens is 1. The molecule has 2 aromatic carbocycles. The zero-order valence-electron chi connectivity index (χ0n) is 20.2. The zero-order valence-corrected chi connectivity index (χ0v) is 20.2. The molecular formula is C29H34N4O2. The lowest BCUT2D eigenvalue weighted by molar-refractivity contribution is -0.123. The number of benzene rings is 2. The predicted octanol–water partition coefficient (Wildman–Crippen LogP) is 5.24. The fraction of sp³-hybridized carbons (Fsp3) is 0.448. The maximum Gasteiger partial charge on any atom is 0.254 e. The maximum absolute atomic E-state index is 12.7. The van der Waals surface area contributed by atoms with Crippen LogP contribution in [0.4, 0.5) is 0 Å². The molecule has 1 atom stereocenters. The third-order valence-electron chi connectivity index (χ3n) is 8.23. The van der Waals surface area contributed by atoms with Gasteiger partial charge in [0.1, 0.15) is 5.75 Å². The Bertz CT molecular complexity index is 1250. The van der Waals surface area contributed by atoms with Gasteiger partial charge >= 0.3 is 0 Å². The summed E-state index contributed by atoms with van der Waals surface area (Å²) in [6, 6.07) is 14.3. The SMILES string of the molecule is O=C(CN1CCn2c3c(c4cc(C5CCCCC5)ccc42)CCC[C@@H]31)NN=Cc1ccc(O)cc1. The molecule has 3 aliphatic rings. The number of hydrogen-bond acceptors (Lipinski definition) is 4. The normalized spacial score (nSPS) is 20.9. The number of nitrogens with zero attached hydrogens (tertiary/aromatic N) is 3. The first-order valence-electron chi connectivity index (χ1n) is 13.2. The smallest absolute Gasteiger partial charge is 0.254 e. The number of rotatable bonds is 5. The number of carbonyl (C=O) groups excluding carboxylic acids is 1. The Morgan fingerprint density at radius 3 is 2.69 bits per heavy atom. The Kier molecular flexibility index (Phi) is 6.06. The number of amides is 1. The molecule has 0 radical (unpaired) electrons. The molecule has 1 aliphatic heterocycles. The van der Waals surface area contributed by atoms with Gasteiger partial charge in [-0.3, -0.25) is 9.69 Å². The minimum absolute atomic E-state index is 0.0868. The number of aromatic hydroxyl groups is 1. The lowest BCUT2D eigenvalue weighted by atomic mass is 9.83. The van der Waals surface area contributed by atoms with Crippen LogP contribution in [-0.2, 0) is 17.8 Å². The van der Waals surface area contributed by atoms with Crippen LogP contribution in [0.2, 0.25) is 0 Å². The van der Waals surface area contributed by atoms with Crippen LogP contribution in [-0.4, -0.2) is 39.8 Å². The van der Waals surface area contributed by atoms with Gasteiger partial charge in [-0.1, -0.05) is 25.3 Å². The highest BCUT2D eigenvalue weighted by Crippen LogP contribution is 2.44. The van der Waals surface area contributed by atoms with Crippen molar-refractivity contribution in [3.63, 3.8) is 0 Å². The molecule has 1 amide bonds. The van der Waals surface area contributed by atoms with Crippen molar-refractivity contribution < 1.29 is 9.90 Å². The van der Waals surface area contributed by atoms with Gasteiger partial charge in [-0.2, -0.15) is 5.10 Å². The average Bonchev–Trinajstić information content (AvgIpc) is 3.22. The van der Waals surface area contributed by atoms with E-state index in [1.165, 1.54) is 66.2 Å². The number of hydrogen-bond donors (Lipinski definition) is 2. The van der Waals surface area contributed by atoms with Crippen LogP contribution in [0.3, 0.4) is 0 Å².